The van der Waals surface area contributed by atoms with Gasteiger partial charge >= 0.3 is 0 Å². The summed E-state index contributed by atoms with van der Waals surface area (Å²) in [5.74, 6) is 2.12. The number of hydrogen-bond acceptors (Lipinski definition) is 7. The molecule has 4 aromatic rings. The van der Waals surface area contributed by atoms with E-state index in [0.717, 1.165) is 33.3 Å². The number of aromatic amines is 1. The Morgan fingerprint density at radius 2 is 1.64 bits per heavy atom. The van der Waals surface area contributed by atoms with E-state index in [9.17, 15) is 5.26 Å². The van der Waals surface area contributed by atoms with Crippen LogP contribution in [0.4, 0.5) is 0 Å². The molecule has 0 radical (unpaired) electrons. The number of pyridine rings is 1. The van der Waals surface area contributed by atoms with Gasteiger partial charge in [0.05, 0.1) is 26.9 Å². The van der Waals surface area contributed by atoms with E-state index in [-0.39, 0.29) is 6.79 Å². The lowest BCUT2D eigenvalue weighted by atomic mass is 10.0. The lowest BCUT2D eigenvalue weighted by Gasteiger charge is -2.14. The highest BCUT2D eigenvalue weighted by atomic mass is 16.7. The van der Waals surface area contributed by atoms with Gasteiger partial charge in [-0.05, 0) is 41.5 Å². The van der Waals surface area contributed by atoms with Gasteiger partial charge in [0.15, 0.2) is 18.3 Å². The fourth-order valence-electron chi connectivity index (χ4n) is 3.68. The maximum absolute atomic E-state index is 9.56. The third-order valence-corrected chi connectivity index (χ3v) is 5.27. The van der Waals surface area contributed by atoms with E-state index in [1.165, 1.54) is 7.11 Å². The standard InChI is InChI=1S/C25H23N3O5/c1-29-14-33-21-6-5-15(7-17(21)11-26)20-13-28-25-19(20)8-18(12-27-25)16-9-22(30-2)24(32-4)23(10-16)31-3/h5-10,12-13H,14H2,1-4H3,(H,27,28). The van der Waals surface area contributed by atoms with Crippen molar-refractivity contribution in [3.63, 3.8) is 0 Å². The monoisotopic (exact) mass is 445 g/mol. The molecule has 0 bridgehead atoms. The molecule has 2 heterocycles. The molecule has 1 N–H and O–H groups in total. The first-order valence-corrected chi connectivity index (χ1v) is 10.1. The summed E-state index contributed by atoms with van der Waals surface area (Å²) in [5, 5.41) is 10.5. The van der Waals surface area contributed by atoms with Crippen LogP contribution in [0.1, 0.15) is 5.56 Å². The zero-order chi connectivity index (χ0) is 23.4. The molecule has 0 unspecified atom stereocenters. The molecular weight excluding hydrogens is 422 g/mol. The predicted octanol–water partition coefficient (Wildman–Crippen LogP) is 4.78. The SMILES string of the molecule is COCOc1ccc(-c2c[nH]c3ncc(-c4cc(OC)c(OC)c(OC)c4)cc23)cc1C#N. The van der Waals surface area contributed by atoms with Gasteiger partial charge in [-0.1, -0.05) is 6.07 Å². The molecule has 33 heavy (non-hydrogen) atoms. The molecule has 0 saturated heterocycles. The summed E-state index contributed by atoms with van der Waals surface area (Å²) in [7, 11) is 6.27. The number of rotatable bonds is 8. The number of nitrogens with zero attached hydrogens (tertiary/aromatic N) is 2. The molecule has 0 aliphatic carbocycles. The number of hydrogen-bond donors (Lipinski definition) is 1. The Hall–Kier alpha value is -4.22. The predicted molar refractivity (Wildman–Crippen MR) is 124 cm³/mol. The summed E-state index contributed by atoms with van der Waals surface area (Å²) in [5.41, 5.74) is 4.69. The number of benzene rings is 2. The summed E-state index contributed by atoms with van der Waals surface area (Å²) in [6.07, 6.45) is 3.66. The molecular formula is C25H23N3O5. The van der Waals surface area contributed by atoms with E-state index in [4.69, 9.17) is 23.7 Å². The quantitative estimate of drug-likeness (QED) is 0.390. The first-order valence-electron chi connectivity index (χ1n) is 10.1. The highest BCUT2D eigenvalue weighted by Crippen LogP contribution is 2.42. The molecule has 2 aromatic carbocycles. The summed E-state index contributed by atoms with van der Waals surface area (Å²) in [6, 6.07) is 13.4. The number of H-pyrrole nitrogens is 1. The number of nitrogens with one attached hydrogen (secondary N) is 1. The number of nitriles is 1. The number of ether oxygens (including phenoxy) is 5. The molecule has 0 amide bonds. The van der Waals surface area contributed by atoms with Gasteiger partial charge in [0.1, 0.15) is 17.5 Å². The van der Waals surface area contributed by atoms with Crippen LogP contribution in [0.15, 0.2) is 48.8 Å². The summed E-state index contributed by atoms with van der Waals surface area (Å²) in [6.45, 7) is 0.0726. The van der Waals surface area contributed by atoms with Gasteiger partial charge in [-0.2, -0.15) is 5.26 Å². The molecule has 8 heteroatoms. The minimum absolute atomic E-state index is 0.0726. The maximum atomic E-state index is 9.56. The largest absolute Gasteiger partial charge is 0.493 e. The zero-order valence-corrected chi connectivity index (χ0v) is 18.8. The Balaban J connectivity index is 1.80. The van der Waals surface area contributed by atoms with Gasteiger partial charge < -0.3 is 28.7 Å². The van der Waals surface area contributed by atoms with E-state index in [0.29, 0.717) is 28.6 Å². The topological polar surface area (TPSA) is 98.6 Å². The van der Waals surface area contributed by atoms with Gasteiger partial charge in [0, 0.05) is 36.0 Å². The van der Waals surface area contributed by atoms with Crippen LogP contribution in [-0.2, 0) is 4.74 Å². The fraction of sp³-hybridized carbons (Fsp3) is 0.200. The zero-order valence-electron chi connectivity index (χ0n) is 18.8. The Morgan fingerprint density at radius 3 is 2.27 bits per heavy atom. The van der Waals surface area contributed by atoms with Crippen molar-refractivity contribution in [2.75, 3.05) is 35.2 Å². The average Bonchev–Trinajstić information content (AvgIpc) is 3.29. The van der Waals surface area contributed by atoms with Crippen LogP contribution in [0.25, 0.3) is 33.3 Å². The fourth-order valence-corrected chi connectivity index (χ4v) is 3.68. The van der Waals surface area contributed by atoms with Gasteiger partial charge in [0.2, 0.25) is 5.75 Å². The molecule has 0 atom stereocenters. The van der Waals surface area contributed by atoms with E-state index in [1.54, 1.807) is 39.7 Å². The van der Waals surface area contributed by atoms with E-state index in [1.807, 2.05) is 30.5 Å². The Bertz CT molecular complexity index is 1310. The number of methoxy groups -OCH3 is 4. The van der Waals surface area contributed by atoms with Crippen LogP contribution < -0.4 is 18.9 Å². The number of aromatic nitrogens is 2. The van der Waals surface area contributed by atoms with E-state index < -0.39 is 0 Å². The minimum Gasteiger partial charge on any atom is -0.493 e. The van der Waals surface area contributed by atoms with E-state index >= 15 is 0 Å². The van der Waals surface area contributed by atoms with Crippen molar-refractivity contribution in [3.05, 3.63) is 54.4 Å². The lowest BCUT2D eigenvalue weighted by molar-refractivity contribution is 0.0509. The molecule has 168 valence electrons. The minimum atomic E-state index is 0.0726. The van der Waals surface area contributed by atoms with Crippen LogP contribution >= 0.6 is 0 Å². The van der Waals surface area contributed by atoms with Crippen molar-refractivity contribution in [1.29, 1.82) is 5.26 Å². The molecule has 8 nitrogen and oxygen atoms in total. The second kappa shape index (κ2) is 9.51. The number of fused-ring (bicyclic) bond motifs is 1. The molecule has 0 aliphatic heterocycles. The van der Waals surface area contributed by atoms with Crippen LogP contribution in [0.2, 0.25) is 0 Å². The summed E-state index contributed by atoms with van der Waals surface area (Å²) in [4.78, 5) is 7.78. The van der Waals surface area contributed by atoms with Crippen molar-refractivity contribution >= 4 is 11.0 Å². The van der Waals surface area contributed by atoms with Crippen LogP contribution in [-0.4, -0.2) is 45.2 Å². The molecule has 4 rings (SSSR count). The molecule has 0 fully saturated rings. The smallest absolute Gasteiger partial charge is 0.203 e. The Morgan fingerprint density at radius 1 is 0.879 bits per heavy atom. The second-order valence-corrected chi connectivity index (χ2v) is 7.11. The summed E-state index contributed by atoms with van der Waals surface area (Å²) >= 11 is 0. The first kappa shape index (κ1) is 22.0. The second-order valence-electron chi connectivity index (χ2n) is 7.11. The molecule has 0 saturated carbocycles. The van der Waals surface area contributed by atoms with Gasteiger partial charge in [-0.25, -0.2) is 4.98 Å². The maximum Gasteiger partial charge on any atom is 0.203 e. The van der Waals surface area contributed by atoms with Crippen LogP contribution in [0.5, 0.6) is 23.0 Å². The normalized spacial score (nSPS) is 10.6. The third kappa shape index (κ3) is 4.14. The molecule has 2 aromatic heterocycles. The Kier molecular flexibility index (Phi) is 6.33. The molecule has 0 spiro atoms. The van der Waals surface area contributed by atoms with Crippen molar-refractivity contribution in [2.24, 2.45) is 0 Å². The van der Waals surface area contributed by atoms with Crippen molar-refractivity contribution in [1.82, 2.24) is 9.97 Å². The van der Waals surface area contributed by atoms with Gasteiger partial charge in [-0.15, -0.1) is 0 Å². The van der Waals surface area contributed by atoms with Crippen molar-refractivity contribution < 1.29 is 23.7 Å². The Labute approximate surface area is 191 Å². The van der Waals surface area contributed by atoms with Crippen molar-refractivity contribution in [3.8, 4) is 51.3 Å². The van der Waals surface area contributed by atoms with Crippen molar-refractivity contribution in [2.45, 2.75) is 0 Å². The highest BCUT2D eigenvalue weighted by Gasteiger charge is 2.16. The molecule has 0 aliphatic rings. The van der Waals surface area contributed by atoms with E-state index in [2.05, 4.69) is 16.0 Å². The highest BCUT2D eigenvalue weighted by molar-refractivity contribution is 5.96. The van der Waals surface area contributed by atoms with Gasteiger partial charge in [-0.3, -0.25) is 0 Å². The van der Waals surface area contributed by atoms with Gasteiger partial charge in [0.25, 0.3) is 0 Å². The first-order chi connectivity index (χ1) is 16.1. The summed E-state index contributed by atoms with van der Waals surface area (Å²) < 4.78 is 26.8. The third-order valence-electron chi connectivity index (χ3n) is 5.27. The van der Waals surface area contributed by atoms with Crippen LogP contribution in [0, 0.1) is 11.3 Å². The lowest BCUT2D eigenvalue weighted by Crippen LogP contribution is -2.00. The average molecular weight is 445 g/mol. The van der Waals surface area contributed by atoms with Crippen LogP contribution in [0.3, 0.4) is 0 Å².